The van der Waals surface area contributed by atoms with Crippen LogP contribution in [0.25, 0.3) is 0 Å². The van der Waals surface area contributed by atoms with E-state index in [0.29, 0.717) is 12.0 Å². The van der Waals surface area contributed by atoms with Gasteiger partial charge in [0.1, 0.15) is 0 Å². The molecule has 1 aromatic rings. The van der Waals surface area contributed by atoms with Crippen molar-refractivity contribution < 1.29 is 38.1 Å². The number of rotatable bonds is 14. The molecule has 8 heteroatoms. The van der Waals surface area contributed by atoms with Crippen molar-refractivity contribution in [3.05, 3.63) is 35.9 Å². The maximum Gasteiger partial charge on any atom is 0.350 e. The van der Waals surface area contributed by atoms with Gasteiger partial charge in [-0.1, -0.05) is 43.7 Å². The smallest absolute Gasteiger partial charge is 0.350 e. The number of carbonyl (C=O) groups excluding carboxylic acids is 3. The summed E-state index contributed by atoms with van der Waals surface area (Å²) in [5.41, 5.74) is -1.27. The first-order valence-electron chi connectivity index (χ1n) is 10.6. The number of ether oxygens (including phenoxy) is 5. The van der Waals surface area contributed by atoms with Crippen LogP contribution in [0.1, 0.15) is 53.0 Å². The third-order valence-electron chi connectivity index (χ3n) is 4.28. The molecule has 31 heavy (non-hydrogen) atoms. The molecule has 174 valence electrons. The predicted octanol–water partition coefficient (Wildman–Crippen LogP) is 3.21. The van der Waals surface area contributed by atoms with E-state index in [9.17, 15) is 14.4 Å². The van der Waals surface area contributed by atoms with Crippen molar-refractivity contribution in [2.75, 3.05) is 19.8 Å². The van der Waals surface area contributed by atoms with Gasteiger partial charge in [0.25, 0.3) is 5.60 Å². The van der Waals surface area contributed by atoms with Crippen molar-refractivity contribution in [2.45, 2.75) is 71.9 Å². The van der Waals surface area contributed by atoms with E-state index in [1.165, 1.54) is 6.92 Å². The Kier molecular flexibility index (Phi) is 11.8. The molecule has 0 radical (unpaired) electrons. The summed E-state index contributed by atoms with van der Waals surface area (Å²) in [6, 6.07) is 9.01. The van der Waals surface area contributed by atoms with Gasteiger partial charge in [0.05, 0.1) is 25.9 Å². The van der Waals surface area contributed by atoms with E-state index >= 15 is 0 Å². The maximum absolute atomic E-state index is 12.9. The first-order chi connectivity index (χ1) is 14.8. The van der Waals surface area contributed by atoms with Gasteiger partial charge in [-0.25, -0.2) is 9.59 Å². The van der Waals surface area contributed by atoms with Crippen LogP contribution in [0.5, 0.6) is 0 Å². The second kappa shape index (κ2) is 13.8. The van der Waals surface area contributed by atoms with Crippen LogP contribution >= 0.6 is 0 Å². The van der Waals surface area contributed by atoms with E-state index in [4.69, 9.17) is 23.7 Å². The number of hydrogen-bond acceptors (Lipinski definition) is 8. The Bertz CT molecular complexity index is 670. The molecule has 8 nitrogen and oxygen atoms in total. The number of carbonyl (C=O) groups is 3. The lowest BCUT2D eigenvalue weighted by molar-refractivity contribution is -0.208. The zero-order chi connectivity index (χ0) is 23.3. The molecule has 2 unspecified atom stereocenters. The fourth-order valence-electron chi connectivity index (χ4n) is 2.91. The van der Waals surface area contributed by atoms with Crippen molar-refractivity contribution in [3.63, 3.8) is 0 Å². The van der Waals surface area contributed by atoms with Crippen LogP contribution in [0.3, 0.4) is 0 Å². The Morgan fingerprint density at radius 1 is 0.968 bits per heavy atom. The van der Waals surface area contributed by atoms with E-state index in [1.54, 1.807) is 45.0 Å². The molecule has 0 heterocycles. The molecule has 0 saturated heterocycles. The van der Waals surface area contributed by atoms with Crippen LogP contribution in [-0.2, 0) is 44.5 Å². The van der Waals surface area contributed by atoms with Crippen molar-refractivity contribution in [1.82, 2.24) is 0 Å². The van der Waals surface area contributed by atoms with Crippen LogP contribution < -0.4 is 0 Å². The quantitative estimate of drug-likeness (QED) is 0.189. The van der Waals surface area contributed by atoms with E-state index < -0.39 is 35.9 Å². The average Bonchev–Trinajstić information content (AvgIpc) is 2.72. The summed E-state index contributed by atoms with van der Waals surface area (Å²) in [6.45, 7) is 8.28. The molecule has 1 rings (SSSR count). The molecule has 0 aliphatic heterocycles. The first-order valence-corrected chi connectivity index (χ1v) is 10.6. The van der Waals surface area contributed by atoms with Gasteiger partial charge in [-0.15, -0.1) is 0 Å². The van der Waals surface area contributed by atoms with Crippen LogP contribution in [0.4, 0.5) is 0 Å². The SMILES string of the molecule is CCCC(OC(C)=O)OC(C)COC(Cc1ccccc1)(C(=O)OCC)C(=O)OCC. The summed E-state index contributed by atoms with van der Waals surface area (Å²) in [6.07, 6.45) is -0.116. The highest BCUT2D eigenvalue weighted by Crippen LogP contribution is 2.24. The van der Waals surface area contributed by atoms with Crippen LogP contribution in [0.15, 0.2) is 30.3 Å². The average molecular weight is 439 g/mol. The molecule has 1 aromatic carbocycles. The van der Waals surface area contributed by atoms with Crippen LogP contribution in [0.2, 0.25) is 0 Å². The van der Waals surface area contributed by atoms with Gasteiger partial charge < -0.3 is 23.7 Å². The van der Waals surface area contributed by atoms with Crippen molar-refractivity contribution >= 4 is 17.9 Å². The standard InChI is InChI=1S/C23H34O8/c1-6-12-20(31-18(5)24)30-17(4)16-29-23(21(25)27-7-2,22(26)28-8-3)15-19-13-10-9-11-14-19/h9-11,13-14,17,20H,6-8,12,15-16H2,1-5H3. The minimum Gasteiger partial charge on any atom is -0.463 e. The van der Waals surface area contributed by atoms with Gasteiger partial charge >= 0.3 is 17.9 Å². The first kappa shape index (κ1) is 26.6. The Morgan fingerprint density at radius 3 is 2.03 bits per heavy atom. The van der Waals surface area contributed by atoms with E-state index in [-0.39, 0.29) is 26.2 Å². The lowest BCUT2D eigenvalue weighted by Gasteiger charge is -2.31. The third kappa shape index (κ3) is 8.67. The van der Waals surface area contributed by atoms with Gasteiger partial charge in [0.15, 0.2) is 0 Å². The molecule has 0 spiro atoms. The molecule has 0 bridgehead atoms. The zero-order valence-electron chi connectivity index (χ0n) is 19.1. The lowest BCUT2D eigenvalue weighted by atomic mass is 9.94. The summed E-state index contributed by atoms with van der Waals surface area (Å²) < 4.78 is 27.2. The van der Waals surface area contributed by atoms with Crippen molar-refractivity contribution in [2.24, 2.45) is 0 Å². The molecule has 0 aromatic heterocycles. The lowest BCUT2D eigenvalue weighted by Crippen LogP contribution is -2.54. The molecule has 0 N–H and O–H groups in total. The van der Waals surface area contributed by atoms with E-state index in [0.717, 1.165) is 6.42 Å². The minimum absolute atomic E-state index is 0.0550. The third-order valence-corrected chi connectivity index (χ3v) is 4.28. The molecule has 0 saturated carbocycles. The Balaban J connectivity index is 3.09. The zero-order valence-corrected chi connectivity index (χ0v) is 19.1. The summed E-state index contributed by atoms with van der Waals surface area (Å²) in [7, 11) is 0. The summed E-state index contributed by atoms with van der Waals surface area (Å²) >= 11 is 0. The van der Waals surface area contributed by atoms with Crippen molar-refractivity contribution in [3.8, 4) is 0 Å². The molecular formula is C23H34O8. The highest BCUT2D eigenvalue weighted by molar-refractivity contribution is 6.04. The largest absolute Gasteiger partial charge is 0.463 e. The Labute approximate surface area is 184 Å². The minimum atomic E-state index is -1.98. The normalized spacial score (nSPS) is 13.2. The molecule has 0 aliphatic carbocycles. The Hall–Kier alpha value is -2.45. The highest BCUT2D eigenvalue weighted by atomic mass is 16.7. The number of benzene rings is 1. The topological polar surface area (TPSA) is 97.4 Å². The van der Waals surface area contributed by atoms with Gasteiger partial charge in [0.2, 0.25) is 6.29 Å². The van der Waals surface area contributed by atoms with E-state index in [2.05, 4.69) is 0 Å². The predicted molar refractivity (Wildman–Crippen MR) is 113 cm³/mol. The fraction of sp³-hybridized carbons (Fsp3) is 0.609. The maximum atomic E-state index is 12.9. The van der Waals surface area contributed by atoms with Gasteiger partial charge in [0, 0.05) is 19.8 Å². The van der Waals surface area contributed by atoms with Gasteiger partial charge in [-0.05, 0) is 26.3 Å². The molecular weight excluding hydrogens is 404 g/mol. The molecule has 2 atom stereocenters. The second-order valence-corrected chi connectivity index (χ2v) is 7.02. The monoisotopic (exact) mass is 438 g/mol. The summed E-state index contributed by atoms with van der Waals surface area (Å²) in [5.74, 6) is -2.10. The molecule has 0 amide bonds. The van der Waals surface area contributed by atoms with E-state index in [1.807, 2.05) is 13.0 Å². The number of hydrogen-bond donors (Lipinski definition) is 0. The molecule has 0 fully saturated rings. The molecule has 0 aliphatic rings. The number of esters is 3. The fourth-order valence-corrected chi connectivity index (χ4v) is 2.91. The summed E-state index contributed by atoms with van der Waals surface area (Å²) in [4.78, 5) is 37.1. The highest BCUT2D eigenvalue weighted by Gasteiger charge is 2.51. The Morgan fingerprint density at radius 2 is 1.55 bits per heavy atom. The van der Waals surface area contributed by atoms with Gasteiger partial charge in [-0.2, -0.15) is 0 Å². The van der Waals surface area contributed by atoms with Gasteiger partial charge in [-0.3, -0.25) is 4.79 Å². The second-order valence-electron chi connectivity index (χ2n) is 7.02. The van der Waals surface area contributed by atoms with Crippen molar-refractivity contribution in [1.29, 1.82) is 0 Å². The van der Waals surface area contributed by atoms with Crippen LogP contribution in [0, 0.1) is 0 Å². The summed E-state index contributed by atoms with van der Waals surface area (Å²) in [5, 5.41) is 0. The van der Waals surface area contributed by atoms with Crippen LogP contribution in [-0.4, -0.2) is 55.7 Å².